The molecule has 7 heteroatoms. The number of hydrogen-bond donors (Lipinski definition) is 1. The summed E-state index contributed by atoms with van der Waals surface area (Å²) < 4.78 is 39.9. The van der Waals surface area contributed by atoms with Gasteiger partial charge in [0.2, 0.25) is 0 Å². The number of ketones is 1. The number of alkyl halides is 3. The van der Waals surface area contributed by atoms with Crippen LogP contribution in [0.4, 0.5) is 13.2 Å². The second kappa shape index (κ2) is 11.7. The van der Waals surface area contributed by atoms with Crippen molar-refractivity contribution in [3.8, 4) is 5.75 Å². The Labute approximate surface area is 231 Å². The van der Waals surface area contributed by atoms with Crippen molar-refractivity contribution in [2.24, 2.45) is 16.8 Å². The fraction of sp³-hybridized carbons (Fsp3) is 0.562. The molecule has 1 aliphatic rings. The third kappa shape index (κ3) is 7.86. The zero-order valence-electron chi connectivity index (χ0n) is 24.3. The molecule has 39 heavy (non-hydrogen) atoms. The summed E-state index contributed by atoms with van der Waals surface area (Å²) in [4.78, 5) is 19.6. The number of carbonyl (C=O) groups is 1. The Kier molecular flexibility index (Phi) is 9.24. The van der Waals surface area contributed by atoms with Crippen molar-refractivity contribution in [3.05, 3.63) is 64.7 Å². The van der Waals surface area contributed by atoms with E-state index in [0.717, 1.165) is 18.4 Å². The highest BCUT2D eigenvalue weighted by molar-refractivity contribution is 6.01. The maximum absolute atomic E-state index is 13.7. The molecular weight excluding hydrogens is 501 g/mol. The maximum Gasteiger partial charge on any atom is 0.408 e. The predicted octanol–water partition coefficient (Wildman–Crippen LogP) is 7.72. The van der Waals surface area contributed by atoms with Crippen molar-refractivity contribution in [2.75, 3.05) is 19.6 Å². The molecule has 0 spiro atoms. The summed E-state index contributed by atoms with van der Waals surface area (Å²) in [6, 6.07) is 13.2. The molecule has 0 saturated carbocycles. The highest BCUT2D eigenvalue weighted by Gasteiger charge is 2.40. The Bertz CT molecular complexity index is 1140. The molecule has 0 radical (unpaired) electrons. The molecule has 214 valence electrons. The van der Waals surface area contributed by atoms with E-state index in [1.54, 1.807) is 17.0 Å². The Morgan fingerprint density at radius 1 is 1.00 bits per heavy atom. The molecule has 3 rings (SSSR count). The van der Waals surface area contributed by atoms with E-state index < -0.39 is 23.6 Å². The molecule has 1 N–H and O–H groups in total. The predicted molar refractivity (Wildman–Crippen MR) is 152 cm³/mol. The minimum Gasteiger partial charge on any atom is -0.507 e. The molecule has 2 atom stereocenters. The number of benzene rings is 2. The number of likely N-dealkylation sites (tertiary alicyclic amines) is 1. The third-order valence-electron chi connectivity index (χ3n) is 7.44. The summed E-state index contributed by atoms with van der Waals surface area (Å²) in [6.07, 6.45) is -2.11. The van der Waals surface area contributed by atoms with Gasteiger partial charge in [-0.05, 0) is 47.3 Å². The van der Waals surface area contributed by atoms with E-state index >= 15 is 0 Å². The van der Waals surface area contributed by atoms with Crippen molar-refractivity contribution in [1.82, 2.24) is 4.90 Å². The van der Waals surface area contributed by atoms with Gasteiger partial charge < -0.3 is 10.0 Å². The summed E-state index contributed by atoms with van der Waals surface area (Å²) >= 11 is 0. The van der Waals surface area contributed by atoms with Crippen LogP contribution in [-0.4, -0.2) is 47.4 Å². The van der Waals surface area contributed by atoms with E-state index in [0.29, 0.717) is 35.5 Å². The van der Waals surface area contributed by atoms with Crippen LogP contribution in [-0.2, 0) is 17.3 Å². The fourth-order valence-corrected chi connectivity index (χ4v) is 5.48. The first kappa shape index (κ1) is 30.7. The summed E-state index contributed by atoms with van der Waals surface area (Å²) in [6.45, 7) is 13.1. The van der Waals surface area contributed by atoms with Gasteiger partial charge in [0.1, 0.15) is 18.1 Å². The van der Waals surface area contributed by atoms with Crippen LogP contribution in [0.25, 0.3) is 0 Å². The second-order valence-electron chi connectivity index (χ2n) is 12.9. The lowest BCUT2D eigenvalue weighted by Gasteiger charge is -2.28. The van der Waals surface area contributed by atoms with Gasteiger partial charge in [-0.15, -0.1) is 0 Å². The molecule has 1 aliphatic heterocycles. The molecule has 4 nitrogen and oxygen atoms in total. The number of phenols is 1. The highest BCUT2D eigenvalue weighted by Crippen LogP contribution is 2.40. The van der Waals surface area contributed by atoms with Crippen LogP contribution < -0.4 is 0 Å². The van der Waals surface area contributed by atoms with Crippen LogP contribution in [0.5, 0.6) is 5.75 Å². The van der Waals surface area contributed by atoms with Crippen LogP contribution in [0.2, 0.25) is 0 Å². The zero-order valence-corrected chi connectivity index (χ0v) is 24.3. The lowest BCUT2D eigenvalue weighted by molar-refractivity contribution is -0.118. The molecule has 2 aromatic carbocycles. The van der Waals surface area contributed by atoms with Crippen molar-refractivity contribution < 1.29 is 23.1 Å². The van der Waals surface area contributed by atoms with Crippen molar-refractivity contribution >= 4 is 11.6 Å². The first-order valence-electron chi connectivity index (χ1n) is 13.8. The normalized spacial score (nSPS) is 19.6. The molecule has 0 amide bonds. The van der Waals surface area contributed by atoms with Crippen LogP contribution in [0, 0.1) is 11.8 Å². The average Bonchev–Trinajstić information content (AvgIpc) is 3.12. The highest BCUT2D eigenvalue weighted by atomic mass is 19.4. The Hall–Kier alpha value is -2.83. The number of aliphatic imine (C=N–C) groups is 1. The smallest absolute Gasteiger partial charge is 0.408 e. The molecule has 0 bridgehead atoms. The van der Waals surface area contributed by atoms with Crippen LogP contribution in [0.3, 0.4) is 0 Å². The van der Waals surface area contributed by atoms with E-state index in [1.165, 1.54) is 0 Å². The van der Waals surface area contributed by atoms with Gasteiger partial charge in [0, 0.05) is 29.2 Å². The van der Waals surface area contributed by atoms with E-state index in [9.17, 15) is 23.1 Å². The molecule has 1 heterocycles. The van der Waals surface area contributed by atoms with Crippen molar-refractivity contribution in [1.29, 1.82) is 0 Å². The number of halogens is 3. The monoisotopic (exact) mass is 544 g/mol. The number of aromatic hydroxyl groups is 1. The molecule has 0 aromatic heterocycles. The Balaban J connectivity index is 2.01. The lowest BCUT2D eigenvalue weighted by Crippen LogP contribution is -2.34. The fourth-order valence-electron chi connectivity index (χ4n) is 5.48. The van der Waals surface area contributed by atoms with Crippen LogP contribution in [0.1, 0.15) is 88.4 Å². The summed E-state index contributed by atoms with van der Waals surface area (Å²) in [5.41, 5.74) is 2.05. The number of phenolic OH excluding ortho intramolecular Hbond substituents is 1. The number of amidine groups is 1. The standard InChI is InChI=1S/C32H43F3N2O2/c1-8-12-22-18-37(29(36-20-32(33,34)35)24(22)15-21-13-10-9-11-14-21)19-27(38)23-16-25(30(2,3)4)28(39)26(17-23)31(5,6)7/h9-11,13-14,16-17,22,24,39H,8,12,15,18-20H2,1-7H3/b36-29+/t22-,24?/m0/s1. The second-order valence-corrected chi connectivity index (χ2v) is 12.9. The Morgan fingerprint density at radius 2 is 1.56 bits per heavy atom. The average molecular weight is 545 g/mol. The van der Waals surface area contributed by atoms with Crippen LogP contribution in [0.15, 0.2) is 47.5 Å². The number of nitrogens with zero attached hydrogens (tertiary/aromatic N) is 2. The molecular formula is C32H43F3N2O2. The largest absolute Gasteiger partial charge is 0.507 e. The van der Waals surface area contributed by atoms with Gasteiger partial charge >= 0.3 is 6.18 Å². The summed E-state index contributed by atoms with van der Waals surface area (Å²) in [5.74, 6) is 0.268. The minimum absolute atomic E-state index is 0.0554. The number of hydrogen-bond acceptors (Lipinski definition) is 3. The Morgan fingerprint density at radius 3 is 2.05 bits per heavy atom. The van der Waals surface area contributed by atoms with Gasteiger partial charge in [0.25, 0.3) is 0 Å². The van der Waals surface area contributed by atoms with E-state index in [2.05, 4.69) is 11.9 Å². The molecule has 1 fully saturated rings. The molecule has 2 aromatic rings. The van der Waals surface area contributed by atoms with E-state index in [4.69, 9.17) is 0 Å². The van der Waals surface area contributed by atoms with Gasteiger partial charge in [0.15, 0.2) is 5.78 Å². The third-order valence-corrected chi connectivity index (χ3v) is 7.44. The number of carbonyl (C=O) groups excluding carboxylic acids is 1. The quantitative estimate of drug-likeness (QED) is 0.346. The molecule has 1 saturated heterocycles. The number of rotatable bonds is 8. The van der Waals surface area contributed by atoms with Gasteiger partial charge in [0.05, 0.1) is 6.54 Å². The lowest BCUT2D eigenvalue weighted by atomic mass is 9.78. The van der Waals surface area contributed by atoms with Gasteiger partial charge in [-0.25, -0.2) is 0 Å². The van der Waals surface area contributed by atoms with E-state index in [1.807, 2.05) is 71.9 Å². The van der Waals surface area contributed by atoms with Crippen molar-refractivity contribution in [3.63, 3.8) is 0 Å². The maximum atomic E-state index is 13.7. The van der Waals surface area contributed by atoms with Gasteiger partial charge in [-0.2, -0.15) is 13.2 Å². The molecule has 0 aliphatic carbocycles. The first-order valence-corrected chi connectivity index (χ1v) is 13.8. The van der Waals surface area contributed by atoms with E-state index in [-0.39, 0.29) is 29.9 Å². The topological polar surface area (TPSA) is 52.9 Å². The van der Waals surface area contributed by atoms with Gasteiger partial charge in [-0.1, -0.05) is 85.2 Å². The minimum atomic E-state index is -4.43. The summed E-state index contributed by atoms with van der Waals surface area (Å²) in [5, 5.41) is 11.1. The first-order chi connectivity index (χ1) is 18.0. The summed E-state index contributed by atoms with van der Waals surface area (Å²) in [7, 11) is 0. The van der Waals surface area contributed by atoms with Crippen molar-refractivity contribution in [2.45, 2.75) is 84.7 Å². The van der Waals surface area contributed by atoms with Crippen LogP contribution >= 0.6 is 0 Å². The molecule has 1 unspecified atom stereocenters. The zero-order chi connectivity index (χ0) is 29.2. The SMILES string of the molecule is CCC[C@H]1CN(CC(=O)c2cc(C(C)(C)C)c(O)c(C(C)(C)C)c2)/C(=N/CC(F)(F)F)C1Cc1ccccc1. The van der Waals surface area contributed by atoms with Gasteiger partial charge in [-0.3, -0.25) is 9.79 Å². The number of Topliss-reactive ketones (excluding diaryl/α,β-unsaturated/α-hetero) is 1.